The number of aromatic hydroxyl groups is 1. The Balaban J connectivity index is 2.24. The molecule has 2 rings (SSSR count). The largest absolute Gasteiger partial charge is 0.477 e. The summed E-state index contributed by atoms with van der Waals surface area (Å²) in [7, 11) is 0. The first-order chi connectivity index (χ1) is 12.1. The molecule has 2 heterocycles. The van der Waals surface area contributed by atoms with E-state index >= 15 is 0 Å². The maximum absolute atomic E-state index is 12.5. The lowest BCUT2D eigenvalue weighted by Gasteiger charge is -2.09. The molecular weight excluding hydrogens is 322 g/mol. The van der Waals surface area contributed by atoms with Crippen molar-refractivity contribution >= 4 is 11.9 Å². The van der Waals surface area contributed by atoms with Crippen molar-refractivity contribution in [3.8, 4) is 5.88 Å². The van der Waals surface area contributed by atoms with Crippen LogP contribution in [0.5, 0.6) is 5.88 Å². The van der Waals surface area contributed by atoms with Crippen molar-refractivity contribution < 1.29 is 19.2 Å². The van der Waals surface area contributed by atoms with Gasteiger partial charge in [-0.3, -0.25) is 0 Å². The minimum absolute atomic E-state index is 0.0481. The van der Waals surface area contributed by atoms with Gasteiger partial charge in [-0.05, 0) is 13.0 Å². The molecule has 2 aromatic rings. The van der Waals surface area contributed by atoms with Crippen LogP contribution < -0.4 is 10.1 Å². The summed E-state index contributed by atoms with van der Waals surface area (Å²) < 4.78 is 8.41. The fraction of sp³-hybridized carbons (Fsp3) is 0.389. The van der Waals surface area contributed by atoms with Crippen molar-refractivity contribution in [2.45, 2.75) is 39.5 Å². The number of pyridine rings is 1. The molecule has 0 fully saturated rings. The van der Waals surface area contributed by atoms with E-state index in [-0.39, 0.29) is 11.4 Å². The highest BCUT2D eigenvalue weighted by Crippen LogP contribution is 2.10. The van der Waals surface area contributed by atoms with Gasteiger partial charge >= 0.3 is 5.56 Å². The third-order valence-electron chi connectivity index (χ3n) is 3.63. The van der Waals surface area contributed by atoms with Crippen molar-refractivity contribution in [3.05, 3.63) is 53.0 Å². The summed E-state index contributed by atoms with van der Waals surface area (Å²) in [5.74, 6) is -0.0481. The molecule has 0 saturated carbocycles. The second kappa shape index (κ2) is 8.98. The van der Waals surface area contributed by atoms with Gasteiger partial charge in [0.25, 0.3) is 11.5 Å². The second-order valence-electron chi connectivity index (χ2n) is 5.39. The highest BCUT2D eigenvalue weighted by molar-refractivity contribution is 5.55. The van der Waals surface area contributed by atoms with Gasteiger partial charge in [-0.25, -0.2) is 4.79 Å². The van der Waals surface area contributed by atoms with Gasteiger partial charge in [0.1, 0.15) is 5.56 Å². The third kappa shape index (κ3) is 4.45. The van der Waals surface area contributed by atoms with Crippen LogP contribution in [0.25, 0.3) is 5.65 Å². The molecule has 7 heteroatoms. The van der Waals surface area contributed by atoms with E-state index in [1.54, 1.807) is 42.1 Å². The zero-order valence-corrected chi connectivity index (χ0v) is 14.6. The van der Waals surface area contributed by atoms with Crippen LogP contribution in [-0.4, -0.2) is 28.6 Å². The lowest BCUT2D eigenvalue weighted by Crippen LogP contribution is -2.41. The molecule has 1 unspecified atom stereocenters. The Hall–Kier alpha value is -2.67. The molecule has 0 amide bonds. The molecule has 2 aromatic heterocycles. The van der Waals surface area contributed by atoms with Crippen LogP contribution in [0.2, 0.25) is 0 Å². The van der Waals surface area contributed by atoms with E-state index in [9.17, 15) is 9.90 Å². The van der Waals surface area contributed by atoms with Crippen LogP contribution in [0.1, 0.15) is 25.8 Å². The van der Waals surface area contributed by atoms with E-state index in [0.717, 1.165) is 0 Å². The smallest absolute Gasteiger partial charge is 0.349 e. The number of hydrogen-bond donors (Lipinski definition) is 1. The summed E-state index contributed by atoms with van der Waals surface area (Å²) in [4.78, 5) is 17.6. The maximum atomic E-state index is 12.5. The summed E-state index contributed by atoms with van der Waals surface area (Å²) in [6.45, 7) is 8.29. The normalized spacial score (nSPS) is 12.6. The van der Waals surface area contributed by atoms with E-state index in [0.29, 0.717) is 37.2 Å². The molecule has 25 heavy (non-hydrogen) atoms. The van der Waals surface area contributed by atoms with Gasteiger partial charge in [-0.1, -0.05) is 17.3 Å². The molecule has 1 atom stereocenters. The molecule has 0 saturated heterocycles. The quantitative estimate of drug-likeness (QED) is 0.247. The Morgan fingerprint density at radius 1 is 1.48 bits per heavy atom. The summed E-state index contributed by atoms with van der Waals surface area (Å²) in [5.41, 5.74) is 0.679. The van der Waals surface area contributed by atoms with Crippen LogP contribution in [-0.2, 0) is 22.5 Å². The number of ether oxygens (including phenoxy) is 1. The molecule has 0 radical (unpaired) electrons. The van der Waals surface area contributed by atoms with E-state index < -0.39 is 6.29 Å². The van der Waals surface area contributed by atoms with Crippen molar-refractivity contribution in [1.82, 2.24) is 4.40 Å². The van der Waals surface area contributed by atoms with Crippen molar-refractivity contribution in [3.63, 3.8) is 0 Å². The van der Waals surface area contributed by atoms with Gasteiger partial charge < -0.3 is 14.7 Å². The number of fused-ring (bicyclic) bond motifs is 1. The molecular formula is C18H24N3O4+. The lowest BCUT2D eigenvalue weighted by atomic mass is 10.2. The van der Waals surface area contributed by atoms with Crippen LogP contribution in [0.4, 0.5) is 0 Å². The van der Waals surface area contributed by atoms with Gasteiger partial charge in [-0.15, -0.1) is 6.58 Å². The average molecular weight is 346 g/mol. The number of rotatable bonds is 9. The summed E-state index contributed by atoms with van der Waals surface area (Å²) in [5, 5.41) is 14.4. The number of allylic oxidation sites excluding steroid dienone is 1. The molecule has 0 aliphatic carbocycles. The van der Waals surface area contributed by atoms with Crippen molar-refractivity contribution in [2.24, 2.45) is 5.16 Å². The Morgan fingerprint density at radius 3 is 3.00 bits per heavy atom. The first kappa shape index (κ1) is 18.7. The first-order valence-electron chi connectivity index (χ1n) is 8.25. The summed E-state index contributed by atoms with van der Waals surface area (Å²) in [6.07, 6.45) is 5.30. The van der Waals surface area contributed by atoms with E-state index in [4.69, 9.17) is 9.57 Å². The average Bonchev–Trinajstić information content (AvgIpc) is 2.61. The van der Waals surface area contributed by atoms with Crippen molar-refractivity contribution in [2.75, 3.05) is 6.61 Å². The Morgan fingerprint density at radius 2 is 2.28 bits per heavy atom. The van der Waals surface area contributed by atoms with Crippen LogP contribution in [0.15, 0.2) is 47.0 Å². The molecule has 0 aromatic carbocycles. The van der Waals surface area contributed by atoms with Gasteiger partial charge in [0.15, 0.2) is 0 Å². The minimum Gasteiger partial charge on any atom is -0.477 e. The van der Waals surface area contributed by atoms with Crippen LogP contribution >= 0.6 is 0 Å². The van der Waals surface area contributed by atoms with Gasteiger partial charge in [-0.2, -0.15) is 8.97 Å². The molecule has 7 nitrogen and oxygen atoms in total. The zero-order valence-electron chi connectivity index (χ0n) is 14.6. The number of nitrogens with zero attached hydrogens (tertiary/aromatic N) is 3. The fourth-order valence-electron chi connectivity index (χ4n) is 2.52. The zero-order chi connectivity index (χ0) is 18.2. The standard InChI is InChI=1S/C18H23N3O4/c1-4-9-15-17(22)20-12-7-6-10-16(20)21(18(15)23)13-8-11-19-25-14(3)24-5-2/h4,6-7,10-12,14H,1,5,8-9,13H2,2-3H3/p+1/b19-11+. The van der Waals surface area contributed by atoms with Gasteiger partial charge in [0.2, 0.25) is 6.29 Å². The summed E-state index contributed by atoms with van der Waals surface area (Å²) in [6, 6.07) is 5.38. The maximum Gasteiger partial charge on any atom is 0.349 e. The number of aryl methyl sites for hydroxylation is 1. The monoisotopic (exact) mass is 346 g/mol. The molecule has 134 valence electrons. The molecule has 1 N–H and O–H groups in total. The Labute approximate surface area is 146 Å². The Bertz CT molecular complexity index is 814. The minimum atomic E-state index is -0.405. The highest BCUT2D eigenvalue weighted by Gasteiger charge is 2.22. The number of oxime groups is 1. The van der Waals surface area contributed by atoms with Crippen LogP contribution in [0.3, 0.4) is 0 Å². The third-order valence-corrected chi connectivity index (χ3v) is 3.63. The van der Waals surface area contributed by atoms with E-state index in [2.05, 4.69) is 11.7 Å². The topological polar surface area (TPSA) is 76.4 Å². The molecule has 0 aliphatic heterocycles. The number of hydrogen-bond acceptors (Lipinski definition) is 5. The first-order valence-corrected chi connectivity index (χ1v) is 8.25. The van der Waals surface area contributed by atoms with Gasteiger partial charge in [0.05, 0.1) is 12.7 Å². The highest BCUT2D eigenvalue weighted by atomic mass is 16.8. The second-order valence-corrected chi connectivity index (χ2v) is 5.39. The Kier molecular flexibility index (Phi) is 6.71. The fourth-order valence-corrected chi connectivity index (χ4v) is 2.52. The van der Waals surface area contributed by atoms with E-state index in [1.807, 2.05) is 13.0 Å². The predicted octanol–water partition coefficient (Wildman–Crippen LogP) is 1.80. The number of aromatic nitrogens is 2. The summed E-state index contributed by atoms with van der Waals surface area (Å²) >= 11 is 0. The van der Waals surface area contributed by atoms with Gasteiger partial charge in [0, 0.05) is 38.7 Å². The molecule has 0 bridgehead atoms. The van der Waals surface area contributed by atoms with Crippen molar-refractivity contribution in [1.29, 1.82) is 0 Å². The predicted molar refractivity (Wildman–Crippen MR) is 94.7 cm³/mol. The molecule has 0 aliphatic rings. The van der Waals surface area contributed by atoms with Crippen LogP contribution in [0, 0.1) is 0 Å². The lowest BCUT2D eigenvalue weighted by molar-refractivity contribution is -0.679. The SMILES string of the molecule is C=CCc1c(O)[n+](CC/C=N/OC(C)OCC)c2ccccn2c1=O. The molecule has 0 spiro atoms. The van der Waals surface area contributed by atoms with E-state index in [1.165, 1.54) is 4.40 Å².